The minimum atomic E-state index is -3.17. The molecule has 4 rings (SSSR count). The summed E-state index contributed by atoms with van der Waals surface area (Å²) < 4.78 is 34.9. The Morgan fingerprint density at radius 2 is 2.00 bits per heavy atom. The van der Waals surface area contributed by atoms with E-state index >= 15 is 0 Å². The van der Waals surface area contributed by atoms with E-state index < -0.39 is 21.8 Å². The first kappa shape index (κ1) is 19.7. The fraction of sp³-hybridized carbons (Fsp3) is 0.300. The van der Waals surface area contributed by atoms with Gasteiger partial charge in [-0.2, -0.15) is 0 Å². The normalized spacial score (nSPS) is 18.1. The fourth-order valence-electron chi connectivity index (χ4n) is 3.40. The van der Waals surface area contributed by atoms with Crippen molar-refractivity contribution in [2.45, 2.75) is 25.9 Å². The summed E-state index contributed by atoms with van der Waals surface area (Å²) in [5.74, 6) is 1.33. The molecule has 1 aliphatic rings. The molecule has 1 aromatic carbocycles. The number of nitrogens with zero attached hydrogens (tertiary/aromatic N) is 2. The number of aryl methyl sites for hydroxylation is 1. The molecule has 3 aromatic rings. The van der Waals surface area contributed by atoms with Crippen molar-refractivity contribution >= 4 is 27.3 Å². The number of hydrogen-bond donors (Lipinski definition) is 0. The Morgan fingerprint density at radius 3 is 2.62 bits per heavy atom. The molecule has 1 atom stereocenters. The lowest BCUT2D eigenvalue weighted by atomic mass is 10.1. The van der Waals surface area contributed by atoms with E-state index in [4.69, 9.17) is 20.5 Å². The second-order valence-corrected chi connectivity index (χ2v) is 9.75. The van der Waals surface area contributed by atoms with Gasteiger partial charge in [0.25, 0.3) is 5.91 Å². The highest BCUT2D eigenvalue weighted by Crippen LogP contribution is 2.26. The molecule has 2 aromatic heterocycles. The second-order valence-electron chi connectivity index (χ2n) is 7.09. The van der Waals surface area contributed by atoms with Gasteiger partial charge in [-0.25, -0.2) is 8.42 Å². The molecule has 0 spiro atoms. The van der Waals surface area contributed by atoms with E-state index in [0.717, 1.165) is 11.3 Å². The number of aromatic nitrogens is 1. The molecule has 29 heavy (non-hydrogen) atoms. The van der Waals surface area contributed by atoms with Crippen LogP contribution in [0.5, 0.6) is 0 Å². The Balaban J connectivity index is 1.61. The van der Waals surface area contributed by atoms with Crippen molar-refractivity contribution in [1.82, 2.24) is 10.1 Å². The van der Waals surface area contributed by atoms with Crippen LogP contribution >= 0.6 is 11.6 Å². The number of rotatable bonds is 5. The van der Waals surface area contributed by atoms with Crippen molar-refractivity contribution < 1.29 is 22.2 Å². The number of amides is 1. The topological polar surface area (TPSA) is 93.6 Å². The smallest absolute Gasteiger partial charge is 0.276 e. The second kappa shape index (κ2) is 7.68. The summed E-state index contributed by atoms with van der Waals surface area (Å²) in [5.41, 5.74) is 0.847. The van der Waals surface area contributed by atoms with Crippen LogP contribution in [-0.4, -0.2) is 41.9 Å². The quantitative estimate of drug-likeness (QED) is 0.607. The molecule has 1 fully saturated rings. The number of furan rings is 1. The van der Waals surface area contributed by atoms with Crippen LogP contribution in [0, 0.1) is 6.92 Å². The highest BCUT2D eigenvalue weighted by Gasteiger charge is 2.36. The van der Waals surface area contributed by atoms with Gasteiger partial charge < -0.3 is 13.8 Å². The van der Waals surface area contributed by atoms with Crippen molar-refractivity contribution in [1.29, 1.82) is 0 Å². The molecular formula is C20H19ClN2O5S. The first-order valence-corrected chi connectivity index (χ1v) is 11.3. The third-order valence-electron chi connectivity index (χ3n) is 4.89. The zero-order chi connectivity index (χ0) is 20.6. The zero-order valence-electron chi connectivity index (χ0n) is 15.7. The maximum atomic E-state index is 13.2. The fourth-order valence-corrected chi connectivity index (χ4v) is 5.26. The molecule has 3 heterocycles. The van der Waals surface area contributed by atoms with Crippen LogP contribution in [0.3, 0.4) is 0 Å². The molecule has 0 saturated carbocycles. The van der Waals surface area contributed by atoms with Crippen molar-refractivity contribution in [3.05, 3.63) is 64.7 Å². The molecule has 9 heteroatoms. The van der Waals surface area contributed by atoms with Gasteiger partial charge in [-0.15, -0.1) is 0 Å². The highest BCUT2D eigenvalue weighted by molar-refractivity contribution is 7.91. The van der Waals surface area contributed by atoms with Gasteiger partial charge in [0.15, 0.2) is 21.3 Å². The van der Waals surface area contributed by atoms with E-state index in [1.165, 1.54) is 4.90 Å². The van der Waals surface area contributed by atoms with Crippen molar-refractivity contribution in [2.75, 3.05) is 11.5 Å². The van der Waals surface area contributed by atoms with E-state index in [0.29, 0.717) is 23.0 Å². The average Bonchev–Trinajstić information content (AvgIpc) is 3.40. The lowest BCUT2D eigenvalue weighted by Gasteiger charge is -2.26. The molecule has 0 aliphatic carbocycles. The summed E-state index contributed by atoms with van der Waals surface area (Å²) in [6.45, 7) is 1.97. The standard InChI is InChI=1S/C20H19ClN2O5S/c1-13-2-7-17(27-13)11-23(16-8-9-29(25,26)12-16)20(24)18-10-19(28-22-18)14-3-5-15(21)6-4-14/h2-7,10,16H,8-9,11-12H2,1H3. The van der Waals surface area contributed by atoms with Crippen LogP contribution < -0.4 is 0 Å². The summed E-state index contributed by atoms with van der Waals surface area (Å²) in [4.78, 5) is 14.7. The van der Waals surface area contributed by atoms with E-state index in [2.05, 4.69) is 5.16 Å². The Hall–Kier alpha value is -2.58. The number of carbonyl (C=O) groups excluding carboxylic acids is 1. The molecule has 1 amide bonds. The van der Waals surface area contributed by atoms with Crippen LogP contribution in [0.25, 0.3) is 11.3 Å². The third-order valence-corrected chi connectivity index (χ3v) is 6.89. The summed E-state index contributed by atoms with van der Waals surface area (Å²) in [6.07, 6.45) is 0.385. The van der Waals surface area contributed by atoms with Gasteiger partial charge in [-0.05, 0) is 49.7 Å². The predicted octanol–water partition coefficient (Wildman–Crippen LogP) is 3.73. The number of benzene rings is 1. The van der Waals surface area contributed by atoms with Crippen molar-refractivity contribution in [3.63, 3.8) is 0 Å². The Morgan fingerprint density at radius 1 is 1.24 bits per heavy atom. The number of halogens is 1. The highest BCUT2D eigenvalue weighted by atomic mass is 35.5. The van der Waals surface area contributed by atoms with E-state index in [-0.39, 0.29) is 23.7 Å². The molecule has 0 radical (unpaired) electrons. The zero-order valence-corrected chi connectivity index (χ0v) is 17.2. The summed E-state index contributed by atoms with van der Waals surface area (Å²) in [5, 5.41) is 4.50. The molecular weight excluding hydrogens is 416 g/mol. The minimum absolute atomic E-state index is 0.0630. The van der Waals surface area contributed by atoms with Gasteiger partial charge in [0.2, 0.25) is 0 Å². The predicted molar refractivity (Wildman–Crippen MR) is 107 cm³/mol. The van der Waals surface area contributed by atoms with E-state index in [1.807, 2.05) is 6.92 Å². The van der Waals surface area contributed by atoms with Crippen molar-refractivity contribution in [3.8, 4) is 11.3 Å². The summed E-state index contributed by atoms with van der Waals surface area (Å²) >= 11 is 5.91. The summed E-state index contributed by atoms with van der Waals surface area (Å²) in [6, 6.07) is 11.7. The number of carbonyl (C=O) groups is 1. The molecule has 1 saturated heterocycles. The molecule has 1 aliphatic heterocycles. The van der Waals surface area contributed by atoms with Crippen molar-refractivity contribution in [2.24, 2.45) is 0 Å². The van der Waals surface area contributed by atoms with Crippen LogP contribution in [-0.2, 0) is 16.4 Å². The van der Waals surface area contributed by atoms with E-state index in [9.17, 15) is 13.2 Å². The molecule has 152 valence electrons. The maximum Gasteiger partial charge on any atom is 0.276 e. The van der Waals surface area contributed by atoms with E-state index in [1.54, 1.807) is 42.5 Å². The van der Waals surface area contributed by atoms with Gasteiger partial charge >= 0.3 is 0 Å². The van der Waals surface area contributed by atoms with Gasteiger partial charge in [0.1, 0.15) is 11.5 Å². The SMILES string of the molecule is Cc1ccc(CN(C(=O)c2cc(-c3ccc(Cl)cc3)on2)C2CCS(=O)(=O)C2)o1. The van der Waals surface area contributed by atoms with Gasteiger partial charge in [0.05, 0.1) is 18.1 Å². The lowest BCUT2D eigenvalue weighted by Crippen LogP contribution is -2.40. The summed E-state index contributed by atoms with van der Waals surface area (Å²) in [7, 11) is -3.17. The van der Waals surface area contributed by atoms with Crippen LogP contribution in [0.4, 0.5) is 0 Å². The molecule has 1 unspecified atom stereocenters. The number of sulfone groups is 1. The Kier molecular flexibility index (Phi) is 5.23. The van der Waals surface area contributed by atoms with Crippen LogP contribution in [0.15, 0.2) is 51.4 Å². The molecule has 7 nitrogen and oxygen atoms in total. The average molecular weight is 435 g/mol. The van der Waals surface area contributed by atoms with Crippen LogP contribution in [0.1, 0.15) is 28.4 Å². The Bertz CT molecular complexity index is 1130. The van der Waals surface area contributed by atoms with Gasteiger partial charge in [0, 0.05) is 22.7 Å². The monoisotopic (exact) mass is 434 g/mol. The molecule has 0 bridgehead atoms. The largest absolute Gasteiger partial charge is 0.464 e. The number of hydrogen-bond acceptors (Lipinski definition) is 6. The third kappa shape index (κ3) is 4.38. The first-order valence-electron chi connectivity index (χ1n) is 9.10. The van der Waals surface area contributed by atoms with Gasteiger partial charge in [-0.3, -0.25) is 4.79 Å². The first-order chi connectivity index (χ1) is 13.8. The maximum absolute atomic E-state index is 13.2. The Labute approximate surface area is 173 Å². The van der Waals surface area contributed by atoms with Gasteiger partial charge in [-0.1, -0.05) is 16.8 Å². The lowest BCUT2D eigenvalue weighted by molar-refractivity contribution is 0.0655. The molecule has 0 N–H and O–H groups in total. The minimum Gasteiger partial charge on any atom is -0.464 e. The van der Waals surface area contributed by atoms with Crippen LogP contribution in [0.2, 0.25) is 5.02 Å².